The number of carbonyl (C=O) groups is 1. The molecule has 0 N–H and O–H groups in total. The van der Waals surface area contributed by atoms with Crippen molar-refractivity contribution in [2.45, 2.75) is 6.92 Å². The highest BCUT2D eigenvalue weighted by Gasteiger charge is 2.16. The Kier molecular flexibility index (Phi) is 3.40. The molecule has 6 heteroatoms. The summed E-state index contributed by atoms with van der Waals surface area (Å²) in [5, 5.41) is 8.93. The zero-order valence-electron chi connectivity index (χ0n) is 9.48. The number of ether oxygens (including phenoxy) is 1. The Hall–Kier alpha value is -2.19. The average molecular weight is 262 g/mol. The lowest BCUT2D eigenvalue weighted by molar-refractivity contribution is 0.0526. The van der Waals surface area contributed by atoms with E-state index in [-0.39, 0.29) is 22.9 Å². The first-order chi connectivity index (χ1) is 8.67. The lowest BCUT2D eigenvalue weighted by Gasteiger charge is -2.05. The number of rotatable bonds is 2. The summed E-state index contributed by atoms with van der Waals surface area (Å²) in [5.41, 5.74) is 1.20. The van der Waals surface area contributed by atoms with Crippen LogP contribution in [0.25, 0.3) is 11.0 Å². The Morgan fingerprint density at radius 2 is 2.33 bits per heavy atom. The van der Waals surface area contributed by atoms with E-state index in [0.717, 1.165) is 0 Å². The summed E-state index contributed by atoms with van der Waals surface area (Å²) in [4.78, 5) is 19.7. The molecule has 0 atom stereocenters. The van der Waals surface area contributed by atoms with E-state index < -0.39 is 5.97 Å². The van der Waals surface area contributed by atoms with Crippen molar-refractivity contribution >= 4 is 28.6 Å². The molecule has 0 fully saturated rings. The molecule has 0 aliphatic rings. The van der Waals surface area contributed by atoms with Crippen molar-refractivity contribution < 1.29 is 9.53 Å². The molecule has 0 bridgehead atoms. The van der Waals surface area contributed by atoms with Gasteiger partial charge in [-0.1, -0.05) is 11.6 Å². The third kappa shape index (κ3) is 2.11. The van der Waals surface area contributed by atoms with Gasteiger partial charge in [0.25, 0.3) is 0 Å². The summed E-state index contributed by atoms with van der Waals surface area (Å²) in [5.74, 6) is -0.555. The molecular formula is C12H8ClN3O2. The Morgan fingerprint density at radius 3 is 3.00 bits per heavy atom. The second kappa shape index (κ2) is 4.98. The highest BCUT2D eigenvalue weighted by molar-refractivity contribution is 6.37. The van der Waals surface area contributed by atoms with Gasteiger partial charge in [-0.3, -0.25) is 4.98 Å². The van der Waals surface area contributed by atoms with Crippen LogP contribution in [0.3, 0.4) is 0 Å². The number of nitrogens with zero attached hydrogens (tertiary/aromatic N) is 3. The maximum Gasteiger partial charge on any atom is 0.341 e. The molecule has 90 valence electrons. The van der Waals surface area contributed by atoms with Gasteiger partial charge in [0.05, 0.1) is 22.7 Å². The molecule has 2 aromatic rings. The molecule has 2 rings (SSSR count). The van der Waals surface area contributed by atoms with Gasteiger partial charge in [-0.25, -0.2) is 9.78 Å². The van der Waals surface area contributed by atoms with Crippen molar-refractivity contribution in [3.63, 3.8) is 0 Å². The average Bonchev–Trinajstić information content (AvgIpc) is 2.39. The van der Waals surface area contributed by atoms with Crippen LogP contribution in [0, 0.1) is 11.3 Å². The fourth-order valence-corrected chi connectivity index (χ4v) is 1.71. The van der Waals surface area contributed by atoms with Gasteiger partial charge >= 0.3 is 5.97 Å². The number of pyridine rings is 2. The summed E-state index contributed by atoms with van der Waals surface area (Å²) in [7, 11) is 0. The Bertz CT molecular complexity index is 664. The van der Waals surface area contributed by atoms with E-state index in [1.54, 1.807) is 13.0 Å². The zero-order valence-corrected chi connectivity index (χ0v) is 10.2. The lowest BCUT2D eigenvalue weighted by Crippen LogP contribution is -2.06. The van der Waals surface area contributed by atoms with Crippen LogP contribution in [0.15, 0.2) is 18.3 Å². The van der Waals surface area contributed by atoms with Gasteiger partial charge in [0.1, 0.15) is 17.3 Å². The zero-order chi connectivity index (χ0) is 13.1. The van der Waals surface area contributed by atoms with Crippen molar-refractivity contribution in [3.05, 3.63) is 34.6 Å². The number of carbonyl (C=O) groups excluding carboxylic acids is 1. The van der Waals surface area contributed by atoms with Crippen molar-refractivity contribution in [1.82, 2.24) is 9.97 Å². The fraction of sp³-hybridized carbons (Fsp3) is 0.167. The van der Waals surface area contributed by atoms with Crippen LogP contribution in [0.2, 0.25) is 5.02 Å². The van der Waals surface area contributed by atoms with E-state index in [4.69, 9.17) is 21.6 Å². The van der Waals surface area contributed by atoms with Gasteiger partial charge < -0.3 is 4.74 Å². The molecule has 18 heavy (non-hydrogen) atoms. The van der Waals surface area contributed by atoms with Crippen LogP contribution in [-0.4, -0.2) is 22.5 Å². The first-order valence-corrected chi connectivity index (χ1v) is 5.57. The first kappa shape index (κ1) is 12.3. The molecule has 2 heterocycles. The number of hydrogen-bond acceptors (Lipinski definition) is 5. The first-order valence-electron chi connectivity index (χ1n) is 5.19. The second-order valence-electron chi connectivity index (χ2n) is 3.38. The fourth-order valence-electron chi connectivity index (χ4n) is 1.45. The maximum absolute atomic E-state index is 11.6. The number of esters is 1. The van der Waals surface area contributed by atoms with E-state index in [0.29, 0.717) is 11.0 Å². The number of fused-ring (bicyclic) bond motifs is 1. The van der Waals surface area contributed by atoms with E-state index in [1.165, 1.54) is 12.3 Å². The summed E-state index contributed by atoms with van der Waals surface area (Å²) >= 11 is 6.09. The lowest BCUT2D eigenvalue weighted by atomic mass is 10.2. The molecule has 0 saturated heterocycles. The van der Waals surface area contributed by atoms with Crippen molar-refractivity contribution in [3.8, 4) is 6.07 Å². The van der Waals surface area contributed by atoms with E-state index >= 15 is 0 Å². The number of aromatic nitrogens is 2. The van der Waals surface area contributed by atoms with Crippen LogP contribution in [0.5, 0.6) is 0 Å². The molecule has 0 unspecified atom stereocenters. The van der Waals surface area contributed by atoms with Crippen LogP contribution in [0.4, 0.5) is 0 Å². The normalized spacial score (nSPS) is 10.1. The van der Waals surface area contributed by atoms with Gasteiger partial charge in [-0.05, 0) is 19.1 Å². The summed E-state index contributed by atoms with van der Waals surface area (Å²) in [6.45, 7) is 1.95. The van der Waals surface area contributed by atoms with E-state index in [2.05, 4.69) is 9.97 Å². The van der Waals surface area contributed by atoms with Crippen molar-refractivity contribution in [1.29, 1.82) is 5.26 Å². The third-order valence-corrected chi connectivity index (χ3v) is 2.64. The molecule has 0 radical (unpaired) electrons. The molecular weight excluding hydrogens is 254 g/mol. The number of halogens is 1. The van der Waals surface area contributed by atoms with Gasteiger partial charge in [-0.2, -0.15) is 5.26 Å². The Morgan fingerprint density at radius 1 is 1.56 bits per heavy atom. The molecule has 5 nitrogen and oxygen atoms in total. The van der Waals surface area contributed by atoms with Gasteiger partial charge in [0.15, 0.2) is 0 Å². The van der Waals surface area contributed by atoms with Crippen LogP contribution in [-0.2, 0) is 4.74 Å². The summed E-state index contributed by atoms with van der Waals surface area (Å²) < 4.78 is 4.86. The smallest absolute Gasteiger partial charge is 0.341 e. The predicted molar refractivity (Wildman–Crippen MR) is 65.2 cm³/mol. The second-order valence-corrected chi connectivity index (χ2v) is 3.76. The van der Waals surface area contributed by atoms with Crippen LogP contribution >= 0.6 is 11.6 Å². The molecule has 2 aromatic heterocycles. The van der Waals surface area contributed by atoms with Crippen LogP contribution < -0.4 is 0 Å². The van der Waals surface area contributed by atoms with E-state index in [9.17, 15) is 4.79 Å². The van der Waals surface area contributed by atoms with Gasteiger partial charge in [-0.15, -0.1) is 0 Å². The van der Waals surface area contributed by atoms with E-state index in [1.807, 2.05) is 6.07 Å². The third-order valence-electron chi connectivity index (χ3n) is 2.26. The maximum atomic E-state index is 11.6. The molecule has 0 amide bonds. The van der Waals surface area contributed by atoms with Crippen LogP contribution in [0.1, 0.15) is 23.0 Å². The quantitative estimate of drug-likeness (QED) is 0.776. The standard InChI is InChI=1S/C12H8ClN3O2/c1-2-18-12(17)8-6-15-9-4-3-7(5-14)16-11(9)10(8)13/h3-4,6H,2H2,1H3. The van der Waals surface area contributed by atoms with Crippen molar-refractivity contribution in [2.24, 2.45) is 0 Å². The number of nitriles is 1. The predicted octanol–water partition coefficient (Wildman–Crippen LogP) is 2.33. The molecule has 0 aliphatic heterocycles. The minimum Gasteiger partial charge on any atom is -0.462 e. The molecule has 0 saturated carbocycles. The van der Waals surface area contributed by atoms with Gasteiger partial charge in [0.2, 0.25) is 0 Å². The summed E-state index contributed by atoms with van der Waals surface area (Å²) in [6, 6.07) is 5.07. The monoisotopic (exact) mass is 261 g/mol. The van der Waals surface area contributed by atoms with Crippen molar-refractivity contribution in [2.75, 3.05) is 6.61 Å². The molecule has 0 aliphatic carbocycles. The number of hydrogen-bond donors (Lipinski definition) is 0. The topological polar surface area (TPSA) is 75.9 Å². The minimum atomic E-state index is -0.555. The van der Waals surface area contributed by atoms with Gasteiger partial charge in [0, 0.05) is 6.20 Å². The molecule has 0 aromatic carbocycles. The summed E-state index contributed by atoms with van der Waals surface area (Å²) in [6.07, 6.45) is 1.34. The SMILES string of the molecule is CCOC(=O)c1cnc2ccc(C#N)nc2c1Cl. The Balaban J connectivity index is 2.62. The highest BCUT2D eigenvalue weighted by Crippen LogP contribution is 2.24. The largest absolute Gasteiger partial charge is 0.462 e. The molecule has 0 spiro atoms. The highest BCUT2D eigenvalue weighted by atomic mass is 35.5. The Labute approximate surface area is 108 Å². The minimum absolute atomic E-state index is 0.147.